The zero-order valence-corrected chi connectivity index (χ0v) is 14.4. The van der Waals surface area contributed by atoms with E-state index < -0.39 is 23.9 Å². The van der Waals surface area contributed by atoms with Gasteiger partial charge in [0.05, 0.1) is 0 Å². The number of unbranched alkanes of at least 4 members (excludes halogenated alkanes) is 1. The summed E-state index contributed by atoms with van der Waals surface area (Å²) in [5, 5.41) is 22.7. The molecule has 0 aliphatic carbocycles. The highest BCUT2D eigenvalue weighted by molar-refractivity contribution is 5.90. The Bertz CT molecular complexity index is 617. The van der Waals surface area contributed by atoms with E-state index in [9.17, 15) is 19.2 Å². The minimum absolute atomic E-state index is 0.0624. The summed E-state index contributed by atoms with van der Waals surface area (Å²) in [6.07, 6.45) is 1.43. The molecule has 0 fully saturated rings. The first-order chi connectivity index (χ1) is 12.4. The molecule has 1 atom stereocenters. The number of rotatable bonds is 12. The van der Waals surface area contributed by atoms with Crippen LogP contribution in [0.15, 0.2) is 30.3 Å². The SMILES string of the molecule is O=C(O)CCCC(NC(=O)CCCCC(=O)Nc1ccccc1)C(=O)O. The van der Waals surface area contributed by atoms with Crippen molar-refractivity contribution in [2.24, 2.45) is 0 Å². The second-order valence-electron chi connectivity index (χ2n) is 5.87. The third-order valence-corrected chi connectivity index (χ3v) is 3.63. The third kappa shape index (κ3) is 9.41. The summed E-state index contributed by atoms with van der Waals surface area (Å²) in [7, 11) is 0. The number of hydrogen-bond acceptors (Lipinski definition) is 4. The summed E-state index contributed by atoms with van der Waals surface area (Å²) in [5.41, 5.74) is 0.709. The molecule has 0 bridgehead atoms. The molecule has 26 heavy (non-hydrogen) atoms. The van der Waals surface area contributed by atoms with E-state index in [-0.39, 0.29) is 38.0 Å². The molecule has 0 spiro atoms. The number of benzene rings is 1. The van der Waals surface area contributed by atoms with E-state index in [1.807, 2.05) is 18.2 Å². The van der Waals surface area contributed by atoms with Crippen molar-refractivity contribution in [1.82, 2.24) is 5.32 Å². The molecule has 4 N–H and O–H groups in total. The predicted octanol–water partition coefficient (Wildman–Crippen LogP) is 2.01. The van der Waals surface area contributed by atoms with Gasteiger partial charge >= 0.3 is 11.9 Å². The van der Waals surface area contributed by atoms with Crippen molar-refractivity contribution < 1.29 is 29.4 Å². The minimum Gasteiger partial charge on any atom is -0.481 e. The quantitative estimate of drug-likeness (QED) is 0.419. The average molecular weight is 364 g/mol. The molecular weight excluding hydrogens is 340 g/mol. The summed E-state index contributed by atoms with van der Waals surface area (Å²) in [6.45, 7) is 0. The second kappa shape index (κ2) is 11.6. The second-order valence-corrected chi connectivity index (χ2v) is 5.87. The largest absolute Gasteiger partial charge is 0.481 e. The van der Waals surface area contributed by atoms with Crippen LogP contribution in [0.25, 0.3) is 0 Å². The van der Waals surface area contributed by atoms with Gasteiger partial charge in [-0.3, -0.25) is 14.4 Å². The summed E-state index contributed by atoms with van der Waals surface area (Å²) < 4.78 is 0. The molecule has 0 heterocycles. The van der Waals surface area contributed by atoms with Crippen LogP contribution < -0.4 is 10.6 Å². The van der Waals surface area contributed by atoms with Gasteiger partial charge in [-0.1, -0.05) is 18.2 Å². The lowest BCUT2D eigenvalue weighted by Crippen LogP contribution is -2.40. The van der Waals surface area contributed by atoms with Crippen molar-refractivity contribution in [3.05, 3.63) is 30.3 Å². The standard InChI is InChI=1S/C18H24N2O6/c21-15(19-13-7-2-1-3-8-13)10-4-5-11-16(22)20-14(18(25)26)9-6-12-17(23)24/h1-3,7-8,14H,4-6,9-12H2,(H,19,21)(H,20,22)(H,23,24)(H,25,26). The van der Waals surface area contributed by atoms with Gasteiger partial charge in [0.2, 0.25) is 11.8 Å². The lowest BCUT2D eigenvalue weighted by Gasteiger charge is -2.14. The van der Waals surface area contributed by atoms with Crippen molar-refractivity contribution in [3.63, 3.8) is 0 Å². The maximum absolute atomic E-state index is 11.8. The van der Waals surface area contributed by atoms with Crippen molar-refractivity contribution in [2.75, 3.05) is 5.32 Å². The van der Waals surface area contributed by atoms with Crippen LogP contribution in [0.3, 0.4) is 0 Å². The number of carboxylic acids is 2. The fourth-order valence-corrected chi connectivity index (χ4v) is 2.30. The van der Waals surface area contributed by atoms with Crippen LogP contribution in [-0.4, -0.2) is 40.0 Å². The molecule has 1 aromatic carbocycles. The Hall–Kier alpha value is -2.90. The molecule has 1 rings (SSSR count). The van der Waals surface area contributed by atoms with E-state index >= 15 is 0 Å². The summed E-state index contributed by atoms with van der Waals surface area (Å²) >= 11 is 0. The lowest BCUT2D eigenvalue weighted by molar-refractivity contribution is -0.142. The Kier molecular flexibility index (Phi) is 9.45. The monoisotopic (exact) mass is 364 g/mol. The topological polar surface area (TPSA) is 133 Å². The number of carboxylic acid groups (broad SMARTS) is 2. The number of anilines is 1. The van der Waals surface area contributed by atoms with Crippen LogP contribution in [0, 0.1) is 0 Å². The Morgan fingerprint density at radius 2 is 1.46 bits per heavy atom. The molecule has 8 heteroatoms. The first-order valence-corrected chi connectivity index (χ1v) is 8.47. The van der Waals surface area contributed by atoms with Gasteiger partial charge in [-0.15, -0.1) is 0 Å². The molecule has 142 valence electrons. The van der Waals surface area contributed by atoms with Gasteiger partial charge in [-0.2, -0.15) is 0 Å². The first-order valence-electron chi connectivity index (χ1n) is 8.47. The Balaban J connectivity index is 2.22. The van der Waals surface area contributed by atoms with E-state index in [2.05, 4.69) is 10.6 Å². The van der Waals surface area contributed by atoms with Crippen LogP contribution in [0.1, 0.15) is 44.9 Å². The number of carbonyl (C=O) groups excluding carboxylic acids is 2. The first kappa shape index (κ1) is 21.1. The van der Waals surface area contributed by atoms with Gasteiger partial charge in [0, 0.05) is 24.9 Å². The normalized spacial score (nSPS) is 11.4. The molecule has 0 saturated heterocycles. The van der Waals surface area contributed by atoms with Crippen molar-refractivity contribution in [1.29, 1.82) is 0 Å². The molecule has 1 aromatic rings. The predicted molar refractivity (Wildman–Crippen MR) is 94.6 cm³/mol. The average Bonchev–Trinajstić information content (AvgIpc) is 2.58. The minimum atomic E-state index is -1.19. The zero-order valence-electron chi connectivity index (χ0n) is 14.4. The summed E-state index contributed by atoms with van der Waals surface area (Å²) in [6, 6.07) is 7.94. The molecular formula is C18H24N2O6. The Morgan fingerprint density at radius 1 is 0.846 bits per heavy atom. The smallest absolute Gasteiger partial charge is 0.326 e. The molecule has 0 aliphatic heterocycles. The number of aliphatic carboxylic acids is 2. The van der Waals surface area contributed by atoms with Gasteiger partial charge < -0.3 is 20.8 Å². The maximum Gasteiger partial charge on any atom is 0.326 e. The molecule has 0 radical (unpaired) electrons. The Labute approximate surface area is 151 Å². The summed E-state index contributed by atoms with van der Waals surface area (Å²) in [4.78, 5) is 45.1. The number of hydrogen-bond donors (Lipinski definition) is 4. The fourth-order valence-electron chi connectivity index (χ4n) is 2.30. The van der Waals surface area contributed by atoms with Crippen LogP contribution >= 0.6 is 0 Å². The van der Waals surface area contributed by atoms with Crippen LogP contribution in [0.2, 0.25) is 0 Å². The molecule has 1 unspecified atom stereocenters. The Morgan fingerprint density at radius 3 is 2.04 bits per heavy atom. The van der Waals surface area contributed by atoms with Gasteiger partial charge in [0.25, 0.3) is 0 Å². The van der Waals surface area contributed by atoms with Gasteiger partial charge in [0.1, 0.15) is 6.04 Å². The van der Waals surface area contributed by atoms with E-state index in [4.69, 9.17) is 10.2 Å². The summed E-state index contributed by atoms with van der Waals surface area (Å²) in [5.74, 6) is -2.76. The molecule has 0 saturated carbocycles. The number of para-hydroxylation sites is 1. The van der Waals surface area contributed by atoms with Gasteiger partial charge in [-0.25, -0.2) is 4.79 Å². The fraction of sp³-hybridized carbons (Fsp3) is 0.444. The molecule has 0 aromatic heterocycles. The molecule has 8 nitrogen and oxygen atoms in total. The van der Waals surface area contributed by atoms with E-state index in [1.165, 1.54) is 0 Å². The number of nitrogens with one attached hydrogen (secondary N) is 2. The van der Waals surface area contributed by atoms with Gasteiger partial charge in [-0.05, 0) is 37.8 Å². The van der Waals surface area contributed by atoms with Crippen molar-refractivity contribution in [2.45, 2.75) is 51.0 Å². The highest BCUT2D eigenvalue weighted by Crippen LogP contribution is 2.08. The highest BCUT2D eigenvalue weighted by atomic mass is 16.4. The number of amides is 2. The van der Waals surface area contributed by atoms with Crippen molar-refractivity contribution >= 4 is 29.4 Å². The maximum atomic E-state index is 11.8. The third-order valence-electron chi connectivity index (χ3n) is 3.63. The number of carbonyl (C=O) groups is 4. The van der Waals surface area contributed by atoms with Crippen LogP contribution in [-0.2, 0) is 19.2 Å². The van der Waals surface area contributed by atoms with Crippen molar-refractivity contribution in [3.8, 4) is 0 Å². The van der Waals surface area contributed by atoms with E-state index in [1.54, 1.807) is 12.1 Å². The van der Waals surface area contributed by atoms with Crippen LogP contribution in [0.5, 0.6) is 0 Å². The van der Waals surface area contributed by atoms with E-state index in [0.717, 1.165) is 0 Å². The van der Waals surface area contributed by atoms with E-state index in [0.29, 0.717) is 18.5 Å². The van der Waals surface area contributed by atoms with Gasteiger partial charge in [0.15, 0.2) is 0 Å². The van der Waals surface area contributed by atoms with Crippen LogP contribution in [0.4, 0.5) is 5.69 Å². The highest BCUT2D eigenvalue weighted by Gasteiger charge is 2.19. The zero-order chi connectivity index (χ0) is 19.4. The molecule has 2 amide bonds. The molecule has 0 aliphatic rings. The lowest BCUT2D eigenvalue weighted by atomic mass is 10.1.